The number of amides is 1. The van der Waals surface area contributed by atoms with E-state index in [4.69, 9.17) is 11.6 Å². The summed E-state index contributed by atoms with van der Waals surface area (Å²) in [6, 6.07) is 5.81. The van der Waals surface area contributed by atoms with Crippen LogP contribution in [0, 0.1) is 6.92 Å². The molecule has 0 saturated carbocycles. The molecule has 0 saturated heterocycles. The van der Waals surface area contributed by atoms with Gasteiger partial charge in [-0.15, -0.1) is 0 Å². The van der Waals surface area contributed by atoms with Crippen LogP contribution in [0.3, 0.4) is 0 Å². The summed E-state index contributed by atoms with van der Waals surface area (Å²) in [5.41, 5.74) is 3.19. The van der Waals surface area contributed by atoms with Gasteiger partial charge in [-0.25, -0.2) is 0 Å². The molecule has 1 aromatic carbocycles. The van der Waals surface area contributed by atoms with E-state index in [9.17, 15) is 4.79 Å². The van der Waals surface area contributed by atoms with E-state index in [1.165, 1.54) is 5.56 Å². The Morgan fingerprint density at radius 2 is 2.25 bits per heavy atom. The van der Waals surface area contributed by atoms with Crippen LogP contribution in [0.2, 0.25) is 5.02 Å². The Morgan fingerprint density at radius 3 is 2.95 bits per heavy atom. The van der Waals surface area contributed by atoms with Crippen molar-refractivity contribution in [3.8, 4) is 0 Å². The maximum atomic E-state index is 11.2. The van der Waals surface area contributed by atoms with Gasteiger partial charge in [0.05, 0.1) is 11.9 Å². The van der Waals surface area contributed by atoms with Gasteiger partial charge in [-0.3, -0.25) is 9.48 Å². The highest BCUT2D eigenvalue weighted by Crippen LogP contribution is 2.16. The van der Waals surface area contributed by atoms with E-state index >= 15 is 0 Å². The number of rotatable bonds is 5. The Bertz CT molecular complexity index is 609. The first kappa shape index (κ1) is 14.4. The van der Waals surface area contributed by atoms with Crippen molar-refractivity contribution >= 4 is 23.2 Å². The van der Waals surface area contributed by atoms with Gasteiger partial charge in [-0.1, -0.05) is 17.7 Å². The van der Waals surface area contributed by atoms with Crippen LogP contribution in [0.4, 0.5) is 5.69 Å². The molecule has 2 aromatic rings. The van der Waals surface area contributed by atoms with Crippen molar-refractivity contribution in [2.75, 3.05) is 12.4 Å². The molecule has 0 bridgehead atoms. The molecule has 0 aliphatic heterocycles. The number of carbonyl (C=O) groups is 1. The topological polar surface area (TPSA) is 59.0 Å². The van der Waals surface area contributed by atoms with Crippen LogP contribution < -0.4 is 10.6 Å². The molecule has 1 heterocycles. The Morgan fingerprint density at radius 1 is 1.45 bits per heavy atom. The van der Waals surface area contributed by atoms with Gasteiger partial charge in [0, 0.05) is 24.8 Å². The van der Waals surface area contributed by atoms with Crippen molar-refractivity contribution in [2.45, 2.75) is 20.0 Å². The van der Waals surface area contributed by atoms with Gasteiger partial charge in [0.25, 0.3) is 0 Å². The van der Waals surface area contributed by atoms with Gasteiger partial charge in [-0.05, 0) is 30.2 Å². The van der Waals surface area contributed by atoms with E-state index < -0.39 is 0 Å². The molecule has 5 nitrogen and oxygen atoms in total. The highest BCUT2D eigenvalue weighted by Gasteiger charge is 2.04. The standard InChI is InChI=1S/C14H17ClN4O/c1-10-5-12(15)4-3-11(10)6-17-13-7-18-19(8-13)9-14(20)16-2/h3-5,7-8,17H,6,9H2,1-2H3,(H,16,20). The van der Waals surface area contributed by atoms with Crippen molar-refractivity contribution in [3.05, 3.63) is 46.7 Å². The summed E-state index contributed by atoms with van der Waals surface area (Å²) >= 11 is 5.93. The van der Waals surface area contributed by atoms with E-state index in [1.54, 1.807) is 24.1 Å². The third-order valence-corrected chi connectivity index (χ3v) is 3.24. The van der Waals surface area contributed by atoms with Gasteiger partial charge in [0.2, 0.25) is 5.91 Å². The normalized spacial score (nSPS) is 10.3. The van der Waals surface area contributed by atoms with Gasteiger partial charge >= 0.3 is 0 Å². The molecule has 0 fully saturated rings. The van der Waals surface area contributed by atoms with Crippen LogP contribution in [0.25, 0.3) is 0 Å². The number of hydrogen-bond acceptors (Lipinski definition) is 3. The summed E-state index contributed by atoms with van der Waals surface area (Å²) in [5, 5.41) is 10.7. The number of nitrogens with one attached hydrogen (secondary N) is 2. The molecule has 0 unspecified atom stereocenters. The molecule has 20 heavy (non-hydrogen) atoms. The number of likely N-dealkylation sites (N-methyl/N-ethyl adjacent to an activating group) is 1. The Balaban J connectivity index is 1.95. The predicted octanol–water partition coefficient (Wildman–Crippen LogP) is 2.20. The zero-order chi connectivity index (χ0) is 14.5. The Labute approximate surface area is 122 Å². The SMILES string of the molecule is CNC(=O)Cn1cc(NCc2ccc(Cl)cc2C)cn1. The minimum absolute atomic E-state index is 0.0757. The number of carbonyl (C=O) groups excluding carboxylic acids is 1. The summed E-state index contributed by atoms with van der Waals surface area (Å²) in [5.74, 6) is -0.0757. The highest BCUT2D eigenvalue weighted by atomic mass is 35.5. The van der Waals surface area contributed by atoms with Crippen LogP contribution in [0.15, 0.2) is 30.6 Å². The summed E-state index contributed by atoms with van der Waals surface area (Å²) < 4.78 is 1.59. The quantitative estimate of drug-likeness (QED) is 0.888. The molecule has 106 valence electrons. The number of hydrogen-bond donors (Lipinski definition) is 2. The van der Waals surface area contributed by atoms with Gasteiger partial charge in [-0.2, -0.15) is 5.10 Å². The zero-order valence-electron chi connectivity index (χ0n) is 11.5. The number of aromatic nitrogens is 2. The van der Waals surface area contributed by atoms with Crippen LogP contribution in [0.5, 0.6) is 0 Å². The second-order valence-corrected chi connectivity index (χ2v) is 4.96. The first-order valence-corrected chi connectivity index (χ1v) is 6.68. The highest BCUT2D eigenvalue weighted by molar-refractivity contribution is 6.30. The molecule has 0 spiro atoms. The van der Waals surface area contributed by atoms with E-state index in [-0.39, 0.29) is 12.5 Å². The number of anilines is 1. The lowest BCUT2D eigenvalue weighted by Crippen LogP contribution is -2.23. The van der Waals surface area contributed by atoms with Crippen LogP contribution in [-0.2, 0) is 17.9 Å². The molecule has 0 aliphatic carbocycles. The fourth-order valence-electron chi connectivity index (χ4n) is 1.82. The molecule has 6 heteroatoms. The molecule has 0 atom stereocenters. The smallest absolute Gasteiger partial charge is 0.241 e. The zero-order valence-corrected chi connectivity index (χ0v) is 12.2. The lowest BCUT2D eigenvalue weighted by atomic mass is 10.1. The van der Waals surface area contributed by atoms with Crippen molar-refractivity contribution in [2.24, 2.45) is 0 Å². The molecule has 2 rings (SSSR count). The average Bonchev–Trinajstić information content (AvgIpc) is 2.85. The lowest BCUT2D eigenvalue weighted by molar-refractivity contribution is -0.121. The maximum Gasteiger partial charge on any atom is 0.241 e. The summed E-state index contributed by atoms with van der Waals surface area (Å²) in [7, 11) is 1.61. The number of nitrogens with zero attached hydrogens (tertiary/aromatic N) is 2. The predicted molar refractivity (Wildman–Crippen MR) is 79.8 cm³/mol. The maximum absolute atomic E-state index is 11.2. The first-order valence-electron chi connectivity index (χ1n) is 6.30. The van der Waals surface area contributed by atoms with E-state index in [1.807, 2.05) is 25.1 Å². The summed E-state index contributed by atoms with van der Waals surface area (Å²) in [4.78, 5) is 11.2. The lowest BCUT2D eigenvalue weighted by Gasteiger charge is -2.07. The van der Waals surface area contributed by atoms with E-state index in [0.29, 0.717) is 6.54 Å². The molecular formula is C14H17ClN4O. The molecule has 1 amide bonds. The fourth-order valence-corrected chi connectivity index (χ4v) is 2.05. The van der Waals surface area contributed by atoms with E-state index in [0.717, 1.165) is 16.3 Å². The van der Waals surface area contributed by atoms with E-state index in [2.05, 4.69) is 15.7 Å². The van der Waals surface area contributed by atoms with Crippen LogP contribution in [0.1, 0.15) is 11.1 Å². The molecular weight excluding hydrogens is 276 g/mol. The minimum Gasteiger partial charge on any atom is -0.378 e. The molecule has 0 aliphatic rings. The second kappa shape index (κ2) is 6.43. The number of aryl methyl sites for hydroxylation is 1. The molecule has 0 radical (unpaired) electrons. The number of halogens is 1. The molecule has 1 aromatic heterocycles. The second-order valence-electron chi connectivity index (χ2n) is 4.52. The average molecular weight is 293 g/mol. The number of benzene rings is 1. The Kier molecular flexibility index (Phi) is 4.63. The first-order chi connectivity index (χ1) is 9.58. The monoisotopic (exact) mass is 292 g/mol. The van der Waals surface area contributed by atoms with Gasteiger partial charge < -0.3 is 10.6 Å². The van der Waals surface area contributed by atoms with Crippen molar-refractivity contribution in [1.82, 2.24) is 15.1 Å². The third kappa shape index (κ3) is 3.74. The van der Waals surface area contributed by atoms with Crippen LogP contribution >= 0.6 is 11.6 Å². The largest absolute Gasteiger partial charge is 0.378 e. The van der Waals surface area contributed by atoms with Crippen LogP contribution in [-0.4, -0.2) is 22.7 Å². The van der Waals surface area contributed by atoms with Crippen molar-refractivity contribution in [1.29, 1.82) is 0 Å². The molecule has 2 N–H and O–H groups in total. The Hall–Kier alpha value is -2.01. The summed E-state index contributed by atoms with van der Waals surface area (Å²) in [6.07, 6.45) is 3.51. The van der Waals surface area contributed by atoms with Crippen molar-refractivity contribution in [3.63, 3.8) is 0 Å². The fraction of sp³-hybridized carbons (Fsp3) is 0.286. The third-order valence-electron chi connectivity index (χ3n) is 3.01. The van der Waals surface area contributed by atoms with Gasteiger partial charge in [0.15, 0.2) is 0 Å². The van der Waals surface area contributed by atoms with Gasteiger partial charge in [0.1, 0.15) is 6.54 Å². The summed E-state index contributed by atoms with van der Waals surface area (Å²) in [6.45, 7) is 2.94. The van der Waals surface area contributed by atoms with Crippen molar-refractivity contribution < 1.29 is 4.79 Å². The minimum atomic E-state index is -0.0757.